The quantitative estimate of drug-likeness (QED) is 0.480. The van der Waals surface area contributed by atoms with Gasteiger partial charge < -0.3 is 14.2 Å². The van der Waals surface area contributed by atoms with Crippen LogP contribution < -0.4 is 9.47 Å². The summed E-state index contributed by atoms with van der Waals surface area (Å²) in [6.07, 6.45) is 9.67. The van der Waals surface area contributed by atoms with E-state index in [1.54, 1.807) is 12.3 Å². The predicted octanol–water partition coefficient (Wildman–Crippen LogP) is 3.62. The summed E-state index contributed by atoms with van der Waals surface area (Å²) in [7, 11) is 0. The van der Waals surface area contributed by atoms with Gasteiger partial charge in [0.1, 0.15) is 19.0 Å². The molecule has 0 spiro atoms. The van der Waals surface area contributed by atoms with E-state index in [9.17, 15) is 4.79 Å². The number of hydrogen-bond donors (Lipinski definition) is 0. The number of nitrogens with zero attached hydrogens (tertiary/aromatic N) is 4. The van der Waals surface area contributed by atoms with Gasteiger partial charge in [-0.25, -0.2) is 4.98 Å². The maximum absolute atomic E-state index is 11.7. The van der Waals surface area contributed by atoms with Crippen molar-refractivity contribution >= 4 is 11.9 Å². The average molecular weight is 455 g/mol. The summed E-state index contributed by atoms with van der Waals surface area (Å²) in [4.78, 5) is 18.4. The van der Waals surface area contributed by atoms with Crippen LogP contribution >= 0.6 is 0 Å². The van der Waals surface area contributed by atoms with Gasteiger partial charge in [0, 0.05) is 38.4 Å². The number of allylic oxidation sites excluding steroid dienone is 1. The van der Waals surface area contributed by atoms with Gasteiger partial charge in [0.05, 0.1) is 30.7 Å². The first-order valence-electron chi connectivity index (χ1n) is 12.0. The average Bonchev–Trinajstić information content (AvgIpc) is 3.32. The molecular formula is C25H34N4O4. The van der Waals surface area contributed by atoms with E-state index in [0.717, 1.165) is 71.4 Å². The smallest absolute Gasteiger partial charge is 0.214 e. The largest absolute Gasteiger partial charge is 0.487 e. The minimum atomic E-state index is 0.443. The van der Waals surface area contributed by atoms with Crippen molar-refractivity contribution in [1.29, 1.82) is 0 Å². The van der Waals surface area contributed by atoms with Crippen LogP contribution in [0.2, 0.25) is 0 Å². The monoisotopic (exact) mass is 454 g/mol. The first kappa shape index (κ1) is 23.4. The molecule has 0 unspecified atom stereocenters. The summed E-state index contributed by atoms with van der Waals surface area (Å²) in [6.45, 7) is 8.21. The lowest BCUT2D eigenvalue weighted by molar-refractivity contribution is 0.0320. The molecule has 0 radical (unpaired) electrons. The zero-order valence-corrected chi connectivity index (χ0v) is 19.5. The number of ether oxygens (including phenoxy) is 3. The van der Waals surface area contributed by atoms with Crippen molar-refractivity contribution in [2.45, 2.75) is 45.6 Å². The minimum Gasteiger partial charge on any atom is -0.487 e. The molecule has 1 aliphatic heterocycles. The van der Waals surface area contributed by atoms with Crippen LogP contribution in [0.4, 0.5) is 0 Å². The van der Waals surface area contributed by atoms with Crippen LogP contribution in [-0.4, -0.2) is 72.0 Å². The van der Waals surface area contributed by atoms with E-state index >= 15 is 0 Å². The molecule has 0 saturated carbocycles. The van der Waals surface area contributed by atoms with Crippen molar-refractivity contribution in [3.63, 3.8) is 0 Å². The Hall–Kier alpha value is -2.71. The zero-order chi connectivity index (χ0) is 22.9. The van der Waals surface area contributed by atoms with Gasteiger partial charge in [0.25, 0.3) is 0 Å². The van der Waals surface area contributed by atoms with Crippen molar-refractivity contribution < 1.29 is 19.0 Å². The van der Waals surface area contributed by atoms with Crippen LogP contribution in [0.1, 0.15) is 55.1 Å². The van der Waals surface area contributed by atoms with Gasteiger partial charge in [-0.2, -0.15) is 5.10 Å². The highest BCUT2D eigenvalue weighted by Crippen LogP contribution is 2.33. The molecule has 33 heavy (non-hydrogen) atoms. The molecule has 2 aromatic heterocycles. The molecule has 4 rings (SSSR count). The fourth-order valence-corrected chi connectivity index (χ4v) is 4.41. The van der Waals surface area contributed by atoms with Gasteiger partial charge in [0.15, 0.2) is 6.29 Å². The zero-order valence-electron chi connectivity index (χ0n) is 19.5. The number of carbonyl (C=O) groups is 1. The molecule has 2 aromatic rings. The number of carbonyl (C=O) groups excluding carboxylic acids is 1. The van der Waals surface area contributed by atoms with Gasteiger partial charge in [-0.1, -0.05) is 6.92 Å². The summed E-state index contributed by atoms with van der Waals surface area (Å²) in [5.41, 5.74) is 4.26. The lowest BCUT2D eigenvalue weighted by atomic mass is 9.90. The summed E-state index contributed by atoms with van der Waals surface area (Å²) >= 11 is 0. The Kier molecular flexibility index (Phi) is 8.49. The van der Waals surface area contributed by atoms with E-state index in [1.165, 1.54) is 23.3 Å². The van der Waals surface area contributed by atoms with E-state index in [0.29, 0.717) is 30.4 Å². The summed E-state index contributed by atoms with van der Waals surface area (Å²) < 4.78 is 19.3. The van der Waals surface area contributed by atoms with Crippen LogP contribution in [0.15, 0.2) is 30.1 Å². The molecule has 178 valence electrons. The van der Waals surface area contributed by atoms with E-state index < -0.39 is 0 Å². The normalized spacial score (nSPS) is 17.2. The van der Waals surface area contributed by atoms with Gasteiger partial charge in [-0.15, -0.1) is 0 Å². The molecule has 0 bridgehead atoms. The lowest BCUT2D eigenvalue weighted by Crippen LogP contribution is -2.38. The molecule has 1 fully saturated rings. The van der Waals surface area contributed by atoms with Gasteiger partial charge in [-0.3, -0.25) is 14.4 Å². The Bertz CT molecular complexity index is 950. The fourth-order valence-electron chi connectivity index (χ4n) is 4.41. The first-order chi connectivity index (χ1) is 16.3. The molecule has 3 heterocycles. The second-order valence-corrected chi connectivity index (χ2v) is 8.50. The second kappa shape index (κ2) is 12.0. The number of aldehydes is 1. The summed E-state index contributed by atoms with van der Waals surface area (Å²) in [6, 6.07) is 3.76. The SMILES string of the molecule is CCCn1nccc1C1=C(COc2cnc(OCCN3CCOCC3)cc2C=O)CCCC1. The topological polar surface area (TPSA) is 78.7 Å². The third-order valence-electron chi connectivity index (χ3n) is 6.21. The van der Waals surface area contributed by atoms with E-state index in [2.05, 4.69) is 32.7 Å². The van der Waals surface area contributed by atoms with E-state index in [4.69, 9.17) is 14.2 Å². The number of pyridine rings is 1. The molecular weight excluding hydrogens is 420 g/mol. The Morgan fingerprint density at radius 1 is 1.15 bits per heavy atom. The highest BCUT2D eigenvalue weighted by atomic mass is 16.5. The van der Waals surface area contributed by atoms with Crippen molar-refractivity contribution in [3.05, 3.63) is 41.4 Å². The maximum Gasteiger partial charge on any atom is 0.214 e. The molecule has 8 nitrogen and oxygen atoms in total. The van der Waals surface area contributed by atoms with Gasteiger partial charge in [-0.05, 0) is 49.3 Å². The van der Waals surface area contributed by atoms with Gasteiger partial charge >= 0.3 is 0 Å². The number of aryl methyl sites for hydroxylation is 1. The van der Waals surface area contributed by atoms with Crippen molar-refractivity contribution in [1.82, 2.24) is 19.7 Å². The molecule has 0 N–H and O–H groups in total. The molecule has 1 aliphatic carbocycles. The Morgan fingerprint density at radius 3 is 2.82 bits per heavy atom. The Balaban J connectivity index is 1.39. The van der Waals surface area contributed by atoms with Crippen LogP contribution in [0.25, 0.3) is 5.57 Å². The lowest BCUT2D eigenvalue weighted by Gasteiger charge is -2.26. The van der Waals surface area contributed by atoms with Crippen LogP contribution in [0.3, 0.4) is 0 Å². The highest BCUT2D eigenvalue weighted by Gasteiger charge is 2.19. The number of hydrogen-bond acceptors (Lipinski definition) is 7. The van der Waals surface area contributed by atoms with Crippen LogP contribution in [0, 0.1) is 0 Å². The Labute approximate surface area is 195 Å². The van der Waals surface area contributed by atoms with Gasteiger partial charge in [0.2, 0.25) is 5.88 Å². The highest BCUT2D eigenvalue weighted by molar-refractivity contribution is 5.79. The van der Waals surface area contributed by atoms with Crippen molar-refractivity contribution in [3.8, 4) is 11.6 Å². The third kappa shape index (κ3) is 6.21. The molecule has 0 atom stereocenters. The summed E-state index contributed by atoms with van der Waals surface area (Å²) in [5.74, 6) is 0.934. The Morgan fingerprint density at radius 2 is 2.00 bits per heavy atom. The predicted molar refractivity (Wildman–Crippen MR) is 126 cm³/mol. The minimum absolute atomic E-state index is 0.443. The van der Waals surface area contributed by atoms with Crippen LogP contribution in [0.5, 0.6) is 11.6 Å². The number of morpholine rings is 1. The molecule has 1 saturated heterocycles. The van der Waals surface area contributed by atoms with E-state index in [1.807, 2.05) is 6.20 Å². The standard InChI is InChI=1S/C25H34N4O4/c1-2-9-29-23(7-8-27-29)22-6-4-3-5-20(22)19-33-24-17-26-25(16-21(24)18-30)32-15-12-28-10-13-31-14-11-28/h7-8,16-18H,2-6,9-15,19H2,1H3. The second-order valence-electron chi connectivity index (χ2n) is 8.50. The molecule has 0 amide bonds. The maximum atomic E-state index is 11.7. The number of rotatable bonds is 11. The first-order valence-corrected chi connectivity index (χ1v) is 12.0. The number of aromatic nitrogens is 3. The van der Waals surface area contributed by atoms with Crippen molar-refractivity contribution in [2.24, 2.45) is 0 Å². The molecule has 2 aliphatic rings. The van der Waals surface area contributed by atoms with E-state index in [-0.39, 0.29) is 0 Å². The molecule has 8 heteroatoms. The molecule has 0 aromatic carbocycles. The van der Waals surface area contributed by atoms with Crippen LogP contribution in [-0.2, 0) is 11.3 Å². The summed E-state index contributed by atoms with van der Waals surface area (Å²) in [5, 5.41) is 4.49. The van der Waals surface area contributed by atoms with Crippen molar-refractivity contribution in [2.75, 3.05) is 46.1 Å². The third-order valence-corrected chi connectivity index (χ3v) is 6.21. The fraction of sp³-hybridized carbons (Fsp3) is 0.560.